The number of carbonyl (C=O) groups is 2. The summed E-state index contributed by atoms with van der Waals surface area (Å²) in [4.78, 5) is 22.3. The van der Waals surface area contributed by atoms with Crippen LogP contribution in [-0.4, -0.2) is 24.3 Å². The molecule has 6 nitrogen and oxygen atoms in total. The summed E-state index contributed by atoms with van der Waals surface area (Å²) in [5.74, 6) is -0.400. The molecule has 0 aromatic rings. The first-order chi connectivity index (χ1) is 8.15. The Morgan fingerprint density at radius 3 is 2.53 bits per heavy atom. The monoisotopic (exact) mass is 241 g/mol. The number of ether oxygens (including phenoxy) is 1. The van der Waals surface area contributed by atoms with Gasteiger partial charge in [-0.1, -0.05) is 19.3 Å². The molecule has 1 fully saturated rings. The number of amides is 2. The summed E-state index contributed by atoms with van der Waals surface area (Å²) in [7, 11) is 0. The lowest BCUT2D eigenvalue weighted by molar-refractivity contribution is -0.135. The van der Waals surface area contributed by atoms with E-state index in [1.165, 1.54) is 6.42 Å². The third kappa shape index (κ3) is 4.42. The number of esters is 1. The summed E-state index contributed by atoms with van der Waals surface area (Å²) in [6.45, 7) is 2.03. The van der Waals surface area contributed by atoms with Gasteiger partial charge in [0.15, 0.2) is 0 Å². The quantitative estimate of drug-likeness (QED) is 0.439. The number of nitrogens with one attached hydrogen (secondary N) is 1. The Hall–Kier alpha value is -1.59. The van der Waals surface area contributed by atoms with Crippen LogP contribution in [0.1, 0.15) is 39.0 Å². The molecule has 0 spiro atoms. The molecule has 1 aliphatic rings. The highest BCUT2D eigenvalue weighted by molar-refractivity contribution is 6.37. The molecule has 0 aromatic heterocycles. The molecule has 3 N–H and O–H groups in total. The van der Waals surface area contributed by atoms with Gasteiger partial charge < -0.3 is 10.5 Å². The predicted octanol–water partition coefficient (Wildman–Crippen LogP) is 1.15. The van der Waals surface area contributed by atoms with Gasteiger partial charge in [0.2, 0.25) is 0 Å². The van der Waals surface area contributed by atoms with E-state index >= 15 is 0 Å². The molecule has 96 valence electrons. The summed E-state index contributed by atoms with van der Waals surface area (Å²) in [6.07, 6.45) is 5.12. The van der Waals surface area contributed by atoms with Crippen LogP contribution < -0.4 is 11.2 Å². The largest absolute Gasteiger partial charge is 0.461 e. The Morgan fingerprint density at radius 1 is 1.35 bits per heavy atom. The molecule has 0 atom stereocenters. The number of urea groups is 1. The summed E-state index contributed by atoms with van der Waals surface area (Å²) in [6, 6.07) is -0.775. The van der Waals surface area contributed by atoms with Gasteiger partial charge in [-0.05, 0) is 19.8 Å². The normalized spacial score (nSPS) is 17.6. The van der Waals surface area contributed by atoms with Gasteiger partial charge in [-0.25, -0.2) is 15.0 Å². The maximum absolute atomic E-state index is 11.7. The second kappa shape index (κ2) is 6.88. The Bertz CT molecular complexity index is 309. The van der Waals surface area contributed by atoms with Gasteiger partial charge in [-0.3, -0.25) is 0 Å². The van der Waals surface area contributed by atoms with Crippen molar-refractivity contribution in [2.45, 2.75) is 39.0 Å². The Balaban J connectivity index is 2.72. The molecule has 1 saturated carbocycles. The van der Waals surface area contributed by atoms with E-state index in [1.54, 1.807) is 6.92 Å². The molecule has 17 heavy (non-hydrogen) atoms. The van der Waals surface area contributed by atoms with Crippen LogP contribution in [-0.2, 0) is 9.53 Å². The number of rotatable bonds is 4. The van der Waals surface area contributed by atoms with E-state index in [4.69, 9.17) is 10.5 Å². The first kappa shape index (κ1) is 13.5. The second-order valence-electron chi connectivity index (χ2n) is 4.03. The van der Waals surface area contributed by atoms with E-state index in [-0.39, 0.29) is 11.6 Å². The minimum absolute atomic E-state index is 0.0645. The fourth-order valence-electron chi connectivity index (χ4n) is 2.00. The molecule has 6 heteroatoms. The van der Waals surface area contributed by atoms with Crippen molar-refractivity contribution < 1.29 is 14.3 Å². The van der Waals surface area contributed by atoms with E-state index in [1.807, 2.05) is 0 Å². The number of carbonyl (C=O) groups excluding carboxylic acids is 2. The molecule has 0 saturated heterocycles. The Morgan fingerprint density at radius 2 is 2.00 bits per heavy atom. The average Bonchev–Trinajstić information content (AvgIpc) is 2.30. The molecule has 0 heterocycles. The van der Waals surface area contributed by atoms with Gasteiger partial charge in [-0.15, -0.1) is 0 Å². The summed E-state index contributed by atoms with van der Waals surface area (Å²) in [5.41, 5.74) is 7.33. The zero-order valence-corrected chi connectivity index (χ0v) is 10.1. The van der Waals surface area contributed by atoms with Crippen LogP contribution in [0.2, 0.25) is 0 Å². The smallest absolute Gasteiger partial charge is 0.354 e. The van der Waals surface area contributed by atoms with Crippen molar-refractivity contribution in [2.24, 2.45) is 16.8 Å². The van der Waals surface area contributed by atoms with E-state index in [0.29, 0.717) is 6.61 Å². The van der Waals surface area contributed by atoms with Crippen LogP contribution in [0.5, 0.6) is 0 Å². The predicted molar refractivity (Wildman–Crippen MR) is 63.4 cm³/mol. The van der Waals surface area contributed by atoms with Crippen molar-refractivity contribution in [3.05, 3.63) is 0 Å². The molecule has 0 aliphatic heterocycles. The van der Waals surface area contributed by atoms with Gasteiger partial charge in [0, 0.05) is 5.92 Å². The van der Waals surface area contributed by atoms with Crippen LogP contribution in [0.15, 0.2) is 5.10 Å². The zero-order chi connectivity index (χ0) is 12.7. The minimum Gasteiger partial charge on any atom is -0.461 e. The van der Waals surface area contributed by atoms with Crippen molar-refractivity contribution in [3.8, 4) is 0 Å². The van der Waals surface area contributed by atoms with Crippen molar-refractivity contribution in [2.75, 3.05) is 6.61 Å². The van der Waals surface area contributed by atoms with Gasteiger partial charge in [-0.2, -0.15) is 5.10 Å². The van der Waals surface area contributed by atoms with Crippen molar-refractivity contribution in [1.29, 1.82) is 0 Å². The van der Waals surface area contributed by atoms with Crippen molar-refractivity contribution >= 4 is 17.7 Å². The van der Waals surface area contributed by atoms with Crippen LogP contribution in [0.4, 0.5) is 4.79 Å². The van der Waals surface area contributed by atoms with Gasteiger partial charge in [0.25, 0.3) is 0 Å². The van der Waals surface area contributed by atoms with Crippen LogP contribution in [0.25, 0.3) is 0 Å². The number of nitrogens with two attached hydrogens (primary N) is 1. The average molecular weight is 241 g/mol. The number of nitrogens with zero attached hydrogens (tertiary/aromatic N) is 1. The lowest BCUT2D eigenvalue weighted by Crippen LogP contribution is -2.33. The second-order valence-corrected chi connectivity index (χ2v) is 4.03. The molecular formula is C11H19N3O3. The van der Waals surface area contributed by atoms with E-state index in [2.05, 4.69) is 10.5 Å². The molecular weight excluding hydrogens is 222 g/mol. The molecule has 0 unspecified atom stereocenters. The first-order valence-corrected chi connectivity index (χ1v) is 5.95. The lowest BCUT2D eigenvalue weighted by atomic mass is 9.86. The molecule has 0 aromatic carbocycles. The highest BCUT2D eigenvalue weighted by Gasteiger charge is 2.26. The highest BCUT2D eigenvalue weighted by atomic mass is 16.5. The molecule has 1 aliphatic carbocycles. The van der Waals surface area contributed by atoms with Gasteiger partial charge in [0.05, 0.1) is 6.61 Å². The minimum atomic E-state index is -0.775. The number of hydrogen-bond donors (Lipinski definition) is 2. The van der Waals surface area contributed by atoms with Crippen LogP contribution in [0.3, 0.4) is 0 Å². The first-order valence-electron chi connectivity index (χ1n) is 5.95. The SMILES string of the molecule is CCOC(=O)/C(=N\NC(N)=O)C1CCCCC1. The summed E-state index contributed by atoms with van der Waals surface area (Å²) >= 11 is 0. The maximum Gasteiger partial charge on any atom is 0.354 e. The molecule has 0 radical (unpaired) electrons. The molecule has 2 amide bonds. The number of hydrazone groups is 1. The number of hydrogen-bond acceptors (Lipinski definition) is 4. The molecule has 1 rings (SSSR count). The Kier molecular flexibility index (Phi) is 5.45. The summed E-state index contributed by atoms with van der Waals surface area (Å²) < 4.78 is 4.93. The van der Waals surface area contributed by atoms with Gasteiger partial charge in [0.1, 0.15) is 5.71 Å². The maximum atomic E-state index is 11.7. The van der Waals surface area contributed by atoms with Gasteiger partial charge >= 0.3 is 12.0 Å². The van der Waals surface area contributed by atoms with E-state index in [0.717, 1.165) is 25.7 Å². The van der Waals surface area contributed by atoms with Crippen molar-refractivity contribution in [1.82, 2.24) is 5.43 Å². The standard InChI is InChI=1S/C11H19N3O3/c1-2-17-10(15)9(13-14-11(12)16)8-6-4-3-5-7-8/h8H,2-7H2,1H3,(H3,12,14,16)/b13-9-. The van der Waals surface area contributed by atoms with E-state index < -0.39 is 12.0 Å². The fourth-order valence-corrected chi connectivity index (χ4v) is 2.00. The highest BCUT2D eigenvalue weighted by Crippen LogP contribution is 2.25. The third-order valence-electron chi connectivity index (χ3n) is 2.76. The van der Waals surface area contributed by atoms with Crippen LogP contribution >= 0.6 is 0 Å². The third-order valence-corrected chi connectivity index (χ3v) is 2.76. The zero-order valence-electron chi connectivity index (χ0n) is 10.1. The Labute approximate surface area is 101 Å². The topological polar surface area (TPSA) is 93.8 Å². The lowest BCUT2D eigenvalue weighted by Gasteiger charge is -2.21. The van der Waals surface area contributed by atoms with Crippen molar-refractivity contribution in [3.63, 3.8) is 0 Å². The van der Waals surface area contributed by atoms with E-state index in [9.17, 15) is 9.59 Å². The molecule has 0 bridgehead atoms. The van der Waals surface area contributed by atoms with Crippen LogP contribution in [0, 0.1) is 5.92 Å². The summed E-state index contributed by atoms with van der Waals surface area (Å²) in [5, 5.41) is 3.78. The fraction of sp³-hybridized carbons (Fsp3) is 0.727. The number of primary amides is 1.